The monoisotopic (exact) mass is 849 g/mol. The minimum atomic E-state index is -0.543. The van der Waals surface area contributed by atoms with Gasteiger partial charge in [0.2, 0.25) is 0 Å². The van der Waals surface area contributed by atoms with Crippen LogP contribution >= 0.6 is 0 Å². The van der Waals surface area contributed by atoms with Gasteiger partial charge < -0.3 is 13.7 Å². The second kappa shape index (κ2) is 13.8. The first-order valence-electron chi connectivity index (χ1n) is 24.1. The van der Waals surface area contributed by atoms with Crippen molar-refractivity contribution in [3.05, 3.63) is 222 Å². The first-order chi connectivity index (χ1) is 32.7. The van der Waals surface area contributed by atoms with Crippen LogP contribution in [0.25, 0.3) is 65.8 Å². The van der Waals surface area contributed by atoms with Crippen LogP contribution in [-0.2, 0) is 5.41 Å². The lowest BCUT2D eigenvalue weighted by atomic mass is 9.50. The zero-order valence-corrected chi connectivity index (χ0v) is 36.7. The fraction of sp³-hybridized carbons (Fsp3) is 0.175. The first kappa shape index (κ1) is 36.9. The van der Waals surface area contributed by atoms with Gasteiger partial charge in [0.25, 0.3) is 0 Å². The SMILES string of the molecule is c1ccc(C2(c3ccccc3)c3ccccc3-c3ccc(N(c4ccc5c(c4)oc4ccccc45)c4cc5c(oc6cccc(C7C8CC9CC(C8)CC7C9)c65)c5ccccc45)cc32)cc1. The molecule has 66 heavy (non-hydrogen) atoms. The molecule has 3 nitrogen and oxygen atoms in total. The zero-order valence-electron chi connectivity index (χ0n) is 36.7. The Hall–Kier alpha value is -7.36. The van der Waals surface area contributed by atoms with E-state index < -0.39 is 5.41 Å². The number of benzene rings is 9. The highest BCUT2D eigenvalue weighted by molar-refractivity contribution is 6.20. The highest BCUT2D eigenvalue weighted by Crippen LogP contribution is 2.62. The molecule has 0 amide bonds. The first-order valence-corrected chi connectivity index (χ1v) is 24.1. The van der Waals surface area contributed by atoms with Crippen LogP contribution in [0.3, 0.4) is 0 Å². The molecule has 0 unspecified atom stereocenters. The second-order valence-corrected chi connectivity index (χ2v) is 20.0. The molecular formula is C63H47NO2. The molecule has 4 saturated carbocycles. The van der Waals surface area contributed by atoms with Crippen molar-refractivity contribution in [3.8, 4) is 11.1 Å². The summed E-state index contributed by atoms with van der Waals surface area (Å²) in [6.07, 6.45) is 6.98. The molecule has 9 aromatic carbocycles. The summed E-state index contributed by atoms with van der Waals surface area (Å²) in [5.74, 6) is 3.92. The summed E-state index contributed by atoms with van der Waals surface area (Å²) in [5, 5.41) is 7.03. The van der Waals surface area contributed by atoms with Crippen molar-refractivity contribution in [2.24, 2.45) is 23.7 Å². The van der Waals surface area contributed by atoms with Crippen molar-refractivity contribution >= 4 is 71.7 Å². The summed E-state index contributed by atoms with van der Waals surface area (Å²) >= 11 is 0. The van der Waals surface area contributed by atoms with E-state index in [1.165, 1.54) is 81.8 Å². The van der Waals surface area contributed by atoms with Gasteiger partial charge in [-0.05, 0) is 143 Å². The third-order valence-corrected chi connectivity index (χ3v) is 16.7. The molecule has 0 aliphatic heterocycles. The van der Waals surface area contributed by atoms with Gasteiger partial charge in [0.05, 0.1) is 11.1 Å². The van der Waals surface area contributed by atoms with Crippen molar-refractivity contribution in [1.82, 2.24) is 0 Å². The Labute approximate surface area is 383 Å². The Balaban J connectivity index is 1.02. The van der Waals surface area contributed by atoms with Gasteiger partial charge in [-0.25, -0.2) is 0 Å². The lowest BCUT2D eigenvalue weighted by Crippen LogP contribution is -2.43. The average Bonchev–Trinajstić information content (AvgIpc) is 4.03. The predicted octanol–water partition coefficient (Wildman–Crippen LogP) is 17.0. The predicted molar refractivity (Wildman–Crippen MR) is 270 cm³/mol. The summed E-state index contributed by atoms with van der Waals surface area (Å²) in [6.45, 7) is 0. The van der Waals surface area contributed by atoms with Crippen LogP contribution in [0.1, 0.15) is 65.8 Å². The number of hydrogen-bond acceptors (Lipinski definition) is 3. The molecule has 4 fully saturated rings. The number of furan rings is 2. The highest BCUT2D eigenvalue weighted by Gasteiger charge is 2.50. The molecule has 2 heterocycles. The van der Waals surface area contributed by atoms with Gasteiger partial charge in [0, 0.05) is 49.8 Å². The van der Waals surface area contributed by atoms with E-state index in [1.54, 1.807) is 0 Å². The molecule has 4 bridgehead atoms. The number of para-hydroxylation sites is 1. The maximum Gasteiger partial charge on any atom is 0.143 e. The van der Waals surface area contributed by atoms with E-state index in [0.717, 1.165) is 84.6 Å². The molecule has 5 aliphatic carbocycles. The highest BCUT2D eigenvalue weighted by atomic mass is 16.3. The Kier molecular flexibility index (Phi) is 7.74. The van der Waals surface area contributed by atoms with Crippen LogP contribution in [0, 0.1) is 23.7 Å². The van der Waals surface area contributed by atoms with E-state index in [2.05, 4.69) is 199 Å². The van der Waals surface area contributed by atoms with Gasteiger partial charge in [-0.15, -0.1) is 0 Å². The molecule has 2 aromatic heterocycles. The van der Waals surface area contributed by atoms with Crippen LogP contribution in [0.15, 0.2) is 203 Å². The van der Waals surface area contributed by atoms with E-state index in [1.807, 2.05) is 0 Å². The lowest BCUT2D eigenvalue weighted by Gasteiger charge is -2.54. The summed E-state index contributed by atoms with van der Waals surface area (Å²) < 4.78 is 13.7. The fourth-order valence-electron chi connectivity index (χ4n) is 14.4. The summed E-state index contributed by atoms with van der Waals surface area (Å²) in [6, 6.07) is 72.0. The smallest absolute Gasteiger partial charge is 0.143 e. The van der Waals surface area contributed by atoms with Gasteiger partial charge in [-0.2, -0.15) is 0 Å². The number of rotatable bonds is 6. The van der Waals surface area contributed by atoms with Crippen LogP contribution < -0.4 is 4.90 Å². The average molecular weight is 850 g/mol. The Morgan fingerprint density at radius 3 is 1.79 bits per heavy atom. The maximum absolute atomic E-state index is 7.07. The molecule has 0 saturated heterocycles. The maximum atomic E-state index is 7.07. The van der Waals surface area contributed by atoms with Crippen molar-refractivity contribution in [2.75, 3.05) is 4.90 Å². The third kappa shape index (κ3) is 5.09. The summed E-state index contributed by atoms with van der Waals surface area (Å²) in [4.78, 5) is 2.50. The van der Waals surface area contributed by atoms with E-state index >= 15 is 0 Å². The molecule has 3 heteroatoms. The van der Waals surface area contributed by atoms with Crippen LogP contribution in [0.2, 0.25) is 0 Å². The fourth-order valence-corrected chi connectivity index (χ4v) is 14.4. The quantitative estimate of drug-likeness (QED) is 0.167. The lowest BCUT2D eigenvalue weighted by molar-refractivity contribution is -0.00229. The van der Waals surface area contributed by atoms with Crippen LogP contribution in [0.4, 0.5) is 17.1 Å². The summed E-state index contributed by atoms with van der Waals surface area (Å²) in [7, 11) is 0. The minimum absolute atomic E-state index is 0.543. The number of nitrogens with zero attached hydrogens (tertiary/aromatic N) is 1. The molecule has 316 valence electrons. The normalized spacial score (nSPS) is 21.3. The van der Waals surface area contributed by atoms with Crippen molar-refractivity contribution < 1.29 is 8.83 Å². The standard InChI is InChI=1S/C63H47NO2/c1-3-14-42(15-4-1)63(43-16-5-2-6-17-43)54-23-11-9-18-46(54)47-28-26-44(35-55(47)63)64(45-27-29-50-49-20-10-12-24-57(49)65-59(50)36-45)56-37-53-61-52(60-40-31-38-30-39(33-40)34-41(60)32-38)22-13-25-58(61)66-62(53)51-21-8-7-19-48(51)56/h1-29,35-41,60H,30-34H2. The molecule has 0 atom stereocenters. The van der Waals surface area contributed by atoms with E-state index in [0.29, 0.717) is 5.92 Å². The zero-order chi connectivity index (χ0) is 43.1. The molecule has 0 N–H and O–H groups in total. The third-order valence-electron chi connectivity index (χ3n) is 16.7. The summed E-state index contributed by atoms with van der Waals surface area (Å²) in [5.41, 5.74) is 15.6. The van der Waals surface area contributed by atoms with Gasteiger partial charge in [-0.1, -0.05) is 146 Å². The van der Waals surface area contributed by atoms with Gasteiger partial charge in [-0.3, -0.25) is 0 Å². The van der Waals surface area contributed by atoms with Gasteiger partial charge in [0.15, 0.2) is 0 Å². The molecule has 16 rings (SSSR count). The molecule has 11 aromatic rings. The minimum Gasteiger partial charge on any atom is -0.456 e. The largest absolute Gasteiger partial charge is 0.456 e. The van der Waals surface area contributed by atoms with Gasteiger partial charge >= 0.3 is 0 Å². The molecular weight excluding hydrogens is 803 g/mol. The second-order valence-electron chi connectivity index (χ2n) is 20.0. The van der Waals surface area contributed by atoms with Gasteiger partial charge in [0.1, 0.15) is 22.3 Å². The van der Waals surface area contributed by atoms with E-state index in [9.17, 15) is 0 Å². The number of fused-ring (bicyclic) bond motifs is 11. The Morgan fingerprint density at radius 1 is 0.409 bits per heavy atom. The molecule has 0 spiro atoms. The van der Waals surface area contributed by atoms with Crippen molar-refractivity contribution in [2.45, 2.75) is 43.4 Å². The topological polar surface area (TPSA) is 29.5 Å². The van der Waals surface area contributed by atoms with Crippen molar-refractivity contribution in [1.29, 1.82) is 0 Å². The van der Waals surface area contributed by atoms with Crippen LogP contribution in [0.5, 0.6) is 0 Å². The Bertz CT molecular complexity index is 3680. The van der Waals surface area contributed by atoms with E-state index in [-0.39, 0.29) is 0 Å². The molecule has 5 aliphatic rings. The van der Waals surface area contributed by atoms with Crippen molar-refractivity contribution in [3.63, 3.8) is 0 Å². The number of hydrogen-bond donors (Lipinski definition) is 0. The molecule has 0 radical (unpaired) electrons. The van der Waals surface area contributed by atoms with E-state index in [4.69, 9.17) is 8.83 Å². The van der Waals surface area contributed by atoms with Crippen LogP contribution in [-0.4, -0.2) is 0 Å². The Morgan fingerprint density at radius 2 is 1.02 bits per heavy atom. The number of anilines is 3.